The van der Waals surface area contributed by atoms with Gasteiger partial charge in [0.05, 0.1) is 0 Å². The third kappa shape index (κ3) is 5.40. The first-order chi connectivity index (χ1) is 12.2. The highest BCUT2D eigenvalue weighted by Crippen LogP contribution is 2.22. The standard InChI is InChI=1S/C14H17N3OS.C2HF3O2/c1-19-11-3-2-9-6-13(17-12(9)7-11)14(18)16-10-4-5-15-8-10;3-2(4,5)1(6)7/h2-3,6-7,10,15,17H,4-5,8H2,1H3,(H,16,18);(H,6,7)/t10-;/m0./s1. The molecule has 0 unspecified atom stereocenters. The van der Waals surface area contributed by atoms with Crippen molar-refractivity contribution >= 4 is 34.5 Å². The number of aromatic amines is 1. The number of H-pyrrole nitrogens is 1. The number of hydrogen-bond donors (Lipinski definition) is 4. The molecular weight excluding hydrogens is 371 g/mol. The average molecular weight is 389 g/mol. The van der Waals surface area contributed by atoms with Crippen LogP contribution in [0, 0.1) is 0 Å². The Morgan fingerprint density at radius 2 is 2.00 bits per heavy atom. The number of alkyl halides is 3. The van der Waals surface area contributed by atoms with Gasteiger partial charge in [-0.05, 0) is 37.4 Å². The largest absolute Gasteiger partial charge is 0.490 e. The van der Waals surface area contributed by atoms with Crippen LogP contribution in [0.25, 0.3) is 10.9 Å². The molecule has 1 saturated heterocycles. The smallest absolute Gasteiger partial charge is 0.475 e. The zero-order chi connectivity index (χ0) is 19.3. The number of carboxylic acid groups (broad SMARTS) is 1. The zero-order valence-electron chi connectivity index (χ0n) is 13.8. The molecule has 3 rings (SSSR count). The SMILES string of the molecule is CSc1ccc2cc(C(=O)N[C@H]3CCNC3)[nH]c2c1.O=C(O)C(F)(F)F. The van der Waals surface area contributed by atoms with E-state index in [0.29, 0.717) is 5.69 Å². The maximum absolute atomic E-state index is 12.1. The lowest BCUT2D eigenvalue weighted by Gasteiger charge is -2.09. The van der Waals surface area contributed by atoms with Gasteiger partial charge in [-0.2, -0.15) is 13.2 Å². The molecule has 1 aliphatic heterocycles. The van der Waals surface area contributed by atoms with Crippen LogP contribution in [-0.2, 0) is 4.79 Å². The first-order valence-corrected chi connectivity index (χ1v) is 8.91. The van der Waals surface area contributed by atoms with E-state index in [1.165, 1.54) is 4.90 Å². The molecule has 0 radical (unpaired) electrons. The first-order valence-electron chi connectivity index (χ1n) is 7.69. The number of carbonyl (C=O) groups is 2. The number of thioether (sulfide) groups is 1. The average Bonchev–Trinajstić information content (AvgIpc) is 3.22. The number of aromatic nitrogens is 1. The summed E-state index contributed by atoms with van der Waals surface area (Å²) in [7, 11) is 0. The molecule has 142 valence electrons. The molecule has 0 saturated carbocycles. The van der Waals surface area contributed by atoms with Crippen molar-refractivity contribution < 1.29 is 27.9 Å². The third-order valence-electron chi connectivity index (χ3n) is 3.71. The molecule has 6 nitrogen and oxygen atoms in total. The molecule has 1 fully saturated rings. The summed E-state index contributed by atoms with van der Waals surface area (Å²) in [5.74, 6) is -2.77. The Morgan fingerprint density at radius 3 is 2.54 bits per heavy atom. The summed E-state index contributed by atoms with van der Waals surface area (Å²) in [4.78, 5) is 25.4. The van der Waals surface area contributed by atoms with Crippen LogP contribution in [0.3, 0.4) is 0 Å². The highest BCUT2D eigenvalue weighted by Gasteiger charge is 2.38. The van der Waals surface area contributed by atoms with Crippen LogP contribution in [0.2, 0.25) is 0 Å². The van der Waals surface area contributed by atoms with E-state index < -0.39 is 12.1 Å². The molecule has 1 aromatic carbocycles. The number of amides is 1. The summed E-state index contributed by atoms with van der Waals surface area (Å²) in [6.45, 7) is 1.84. The van der Waals surface area contributed by atoms with E-state index >= 15 is 0 Å². The molecule has 0 aliphatic carbocycles. The Hall–Kier alpha value is -2.20. The number of halogens is 3. The highest BCUT2D eigenvalue weighted by atomic mass is 32.2. The van der Waals surface area contributed by atoms with E-state index in [4.69, 9.17) is 9.90 Å². The van der Waals surface area contributed by atoms with Crippen LogP contribution in [-0.4, -0.2) is 53.5 Å². The lowest BCUT2D eigenvalue weighted by molar-refractivity contribution is -0.192. The molecular formula is C16H18F3N3O3S. The molecule has 4 N–H and O–H groups in total. The number of carbonyl (C=O) groups excluding carboxylic acids is 1. The van der Waals surface area contributed by atoms with Gasteiger partial charge in [-0.1, -0.05) is 6.07 Å². The van der Waals surface area contributed by atoms with Gasteiger partial charge >= 0.3 is 12.1 Å². The second-order valence-corrected chi connectivity index (χ2v) is 6.48. The fraction of sp³-hybridized carbons (Fsp3) is 0.375. The van der Waals surface area contributed by atoms with Gasteiger partial charge in [-0.15, -0.1) is 11.8 Å². The summed E-state index contributed by atoms with van der Waals surface area (Å²) in [5, 5.41) is 14.5. The van der Waals surface area contributed by atoms with Crippen molar-refractivity contribution in [2.45, 2.75) is 23.5 Å². The number of nitrogens with one attached hydrogen (secondary N) is 3. The number of aliphatic carboxylic acids is 1. The zero-order valence-corrected chi connectivity index (χ0v) is 14.6. The third-order valence-corrected chi connectivity index (χ3v) is 4.44. The number of fused-ring (bicyclic) bond motifs is 1. The molecule has 2 aromatic rings. The summed E-state index contributed by atoms with van der Waals surface area (Å²) in [6, 6.07) is 8.36. The Kier molecular flexibility index (Phi) is 6.54. The lowest BCUT2D eigenvalue weighted by atomic mass is 10.2. The predicted octanol–water partition coefficient (Wildman–Crippen LogP) is 2.61. The first kappa shape index (κ1) is 20.1. The van der Waals surface area contributed by atoms with E-state index in [9.17, 15) is 18.0 Å². The second kappa shape index (κ2) is 8.45. The molecule has 10 heteroatoms. The van der Waals surface area contributed by atoms with E-state index in [2.05, 4.69) is 27.8 Å². The summed E-state index contributed by atoms with van der Waals surface area (Å²) >= 11 is 1.70. The van der Waals surface area contributed by atoms with Crippen LogP contribution in [0.1, 0.15) is 16.9 Å². The number of carboxylic acids is 1. The molecule has 1 aliphatic rings. The molecule has 1 amide bonds. The van der Waals surface area contributed by atoms with Crippen molar-refractivity contribution in [3.05, 3.63) is 30.0 Å². The Balaban J connectivity index is 0.000000298. The summed E-state index contributed by atoms with van der Waals surface area (Å²) in [6.07, 6.45) is -2.03. The quantitative estimate of drug-likeness (QED) is 0.606. The van der Waals surface area contributed by atoms with Crippen molar-refractivity contribution in [2.75, 3.05) is 19.3 Å². The van der Waals surface area contributed by atoms with E-state index in [0.717, 1.165) is 30.4 Å². The van der Waals surface area contributed by atoms with Crippen molar-refractivity contribution in [3.63, 3.8) is 0 Å². The van der Waals surface area contributed by atoms with Crippen LogP contribution >= 0.6 is 11.8 Å². The Labute approximate surface area is 151 Å². The van der Waals surface area contributed by atoms with E-state index in [1.54, 1.807) is 11.8 Å². The van der Waals surface area contributed by atoms with Crippen molar-refractivity contribution in [1.82, 2.24) is 15.6 Å². The van der Waals surface area contributed by atoms with E-state index in [1.807, 2.05) is 18.4 Å². The number of rotatable bonds is 3. The maximum Gasteiger partial charge on any atom is 0.490 e. The molecule has 1 aromatic heterocycles. The van der Waals surface area contributed by atoms with Crippen molar-refractivity contribution in [1.29, 1.82) is 0 Å². The molecule has 26 heavy (non-hydrogen) atoms. The molecule has 0 bridgehead atoms. The normalized spacial score (nSPS) is 16.8. The van der Waals surface area contributed by atoms with Crippen molar-refractivity contribution in [3.8, 4) is 0 Å². The molecule has 1 atom stereocenters. The Bertz CT molecular complexity index is 786. The minimum atomic E-state index is -5.08. The van der Waals surface area contributed by atoms with Gasteiger partial charge in [0.1, 0.15) is 5.69 Å². The lowest BCUT2D eigenvalue weighted by Crippen LogP contribution is -2.36. The number of benzene rings is 1. The van der Waals surface area contributed by atoms with Gasteiger partial charge < -0.3 is 20.7 Å². The second-order valence-electron chi connectivity index (χ2n) is 5.60. The molecule has 2 heterocycles. The van der Waals surface area contributed by atoms with Gasteiger partial charge in [-0.25, -0.2) is 4.79 Å². The van der Waals surface area contributed by atoms with Crippen LogP contribution in [0.4, 0.5) is 13.2 Å². The maximum atomic E-state index is 12.1. The van der Waals surface area contributed by atoms with Crippen LogP contribution in [0.5, 0.6) is 0 Å². The molecule has 0 spiro atoms. The fourth-order valence-electron chi connectivity index (χ4n) is 2.40. The predicted molar refractivity (Wildman–Crippen MR) is 92.5 cm³/mol. The van der Waals surface area contributed by atoms with Gasteiger partial charge in [0.15, 0.2) is 0 Å². The number of hydrogen-bond acceptors (Lipinski definition) is 4. The summed E-state index contributed by atoms with van der Waals surface area (Å²) < 4.78 is 31.7. The topological polar surface area (TPSA) is 94.2 Å². The summed E-state index contributed by atoms with van der Waals surface area (Å²) in [5.41, 5.74) is 1.65. The van der Waals surface area contributed by atoms with Crippen LogP contribution < -0.4 is 10.6 Å². The fourth-order valence-corrected chi connectivity index (χ4v) is 2.84. The minimum absolute atomic E-state index is 0.0180. The highest BCUT2D eigenvalue weighted by molar-refractivity contribution is 7.98. The van der Waals surface area contributed by atoms with Gasteiger partial charge in [-0.3, -0.25) is 4.79 Å². The van der Waals surface area contributed by atoms with Gasteiger partial charge in [0.2, 0.25) is 0 Å². The van der Waals surface area contributed by atoms with Crippen LogP contribution in [0.15, 0.2) is 29.2 Å². The Morgan fingerprint density at radius 1 is 1.31 bits per heavy atom. The van der Waals surface area contributed by atoms with Gasteiger partial charge in [0.25, 0.3) is 5.91 Å². The van der Waals surface area contributed by atoms with E-state index in [-0.39, 0.29) is 11.9 Å². The van der Waals surface area contributed by atoms with Crippen molar-refractivity contribution in [2.24, 2.45) is 0 Å². The monoisotopic (exact) mass is 389 g/mol. The minimum Gasteiger partial charge on any atom is -0.475 e. The van der Waals surface area contributed by atoms with Gasteiger partial charge in [0, 0.05) is 28.4 Å².